The van der Waals surface area contributed by atoms with Crippen LogP contribution in [0.4, 0.5) is 0 Å². The van der Waals surface area contributed by atoms with E-state index >= 15 is 0 Å². The molecular formula is C23H16N4O2S. The summed E-state index contributed by atoms with van der Waals surface area (Å²) in [6, 6.07) is 27.0. The van der Waals surface area contributed by atoms with Crippen molar-refractivity contribution in [3.63, 3.8) is 0 Å². The van der Waals surface area contributed by atoms with Gasteiger partial charge >= 0.3 is 0 Å². The van der Waals surface area contributed by atoms with Gasteiger partial charge in [0.15, 0.2) is 5.03 Å². The second-order valence-electron chi connectivity index (χ2n) is 6.69. The Bertz CT molecular complexity index is 1430. The lowest BCUT2D eigenvalue weighted by atomic mass is 10.0. The summed E-state index contributed by atoms with van der Waals surface area (Å²) in [6.07, 6.45) is 1.87. The monoisotopic (exact) mass is 412 g/mol. The molecule has 7 heteroatoms. The van der Waals surface area contributed by atoms with Crippen LogP contribution >= 0.6 is 0 Å². The number of hydrogen-bond donors (Lipinski definition) is 0. The average Bonchev–Trinajstić information content (AvgIpc) is 3.20. The van der Waals surface area contributed by atoms with Crippen molar-refractivity contribution in [3.05, 3.63) is 97.2 Å². The fraction of sp³-hybridized carbons (Fsp3) is 0. The van der Waals surface area contributed by atoms with E-state index in [1.807, 2.05) is 54.7 Å². The fourth-order valence-electron chi connectivity index (χ4n) is 3.37. The molecule has 0 atom stereocenters. The molecule has 0 aliphatic heterocycles. The highest BCUT2D eigenvalue weighted by molar-refractivity contribution is 7.91. The van der Waals surface area contributed by atoms with Gasteiger partial charge in [-0.25, -0.2) is 12.9 Å². The van der Waals surface area contributed by atoms with E-state index in [0.29, 0.717) is 5.69 Å². The first kappa shape index (κ1) is 18.2. The van der Waals surface area contributed by atoms with E-state index in [4.69, 9.17) is 5.10 Å². The third-order valence-electron chi connectivity index (χ3n) is 4.81. The van der Waals surface area contributed by atoms with Crippen LogP contribution < -0.4 is 0 Å². The van der Waals surface area contributed by atoms with E-state index in [9.17, 15) is 8.42 Å². The molecule has 0 aliphatic carbocycles. The molecule has 0 saturated carbocycles. The number of nitrogens with zero attached hydrogens (tertiary/aromatic N) is 4. The van der Waals surface area contributed by atoms with Gasteiger partial charge in [-0.05, 0) is 36.4 Å². The van der Waals surface area contributed by atoms with Crippen molar-refractivity contribution in [2.75, 3.05) is 0 Å². The highest BCUT2D eigenvalue weighted by atomic mass is 32.2. The van der Waals surface area contributed by atoms with Crippen molar-refractivity contribution < 1.29 is 8.42 Å². The Hall–Kier alpha value is -3.84. The molecule has 2 aromatic carbocycles. The molecular weight excluding hydrogens is 396 g/mol. The Morgan fingerprint density at radius 2 is 1.40 bits per heavy atom. The normalized spacial score (nSPS) is 11.6. The van der Waals surface area contributed by atoms with Crippen molar-refractivity contribution in [3.8, 4) is 22.5 Å². The quantitative estimate of drug-likeness (QED) is 0.440. The maximum atomic E-state index is 12.8. The Morgan fingerprint density at radius 1 is 0.700 bits per heavy atom. The van der Waals surface area contributed by atoms with Gasteiger partial charge in [0.1, 0.15) is 5.69 Å². The molecule has 146 valence electrons. The van der Waals surface area contributed by atoms with Gasteiger partial charge in [0.25, 0.3) is 0 Å². The second-order valence-corrected chi connectivity index (χ2v) is 8.59. The number of aromatic nitrogens is 4. The Morgan fingerprint density at radius 3 is 2.10 bits per heavy atom. The van der Waals surface area contributed by atoms with Crippen LogP contribution in [0.25, 0.3) is 28.0 Å². The van der Waals surface area contributed by atoms with E-state index in [-0.39, 0.29) is 9.92 Å². The third kappa shape index (κ3) is 3.05. The van der Waals surface area contributed by atoms with Crippen LogP contribution in [0, 0.1) is 0 Å². The first-order chi connectivity index (χ1) is 14.6. The molecule has 3 aromatic heterocycles. The molecule has 30 heavy (non-hydrogen) atoms. The molecule has 0 bridgehead atoms. The summed E-state index contributed by atoms with van der Waals surface area (Å²) in [6.45, 7) is 0. The van der Waals surface area contributed by atoms with Crippen LogP contribution in [0.5, 0.6) is 0 Å². The number of fused-ring (bicyclic) bond motifs is 1. The van der Waals surface area contributed by atoms with E-state index in [0.717, 1.165) is 22.3 Å². The summed E-state index contributed by atoms with van der Waals surface area (Å²) in [5.41, 5.74) is 3.93. The molecule has 5 rings (SSSR count). The van der Waals surface area contributed by atoms with Crippen LogP contribution in [-0.4, -0.2) is 28.2 Å². The fourth-order valence-corrected chi connectivity index (χ4v) is 4.52. The number of benzene rings is 2. The maximum Gasteiger partial charge on any atom is 0.225 e. The van der Waals surface area contributed by atoms with Crippen molar-refractivity contribution >= 4 is 15.4 Å². The van der Waals surface area contributed by atoms with Gasteiger partial charge in [0.05, 0.1) is 21.7 Å². The van der Waals surface area contributed by atoms with Crippen LogP contribution in [0.1, 0.15) is 0 Å². The standard InChI is InChI=1S/C23H16N4O2S/c28-30(29,18-11-5-2-6-12-18)21-15-14-19(24-25-21)22-20-13-7-8-16-27(20)26-23(22)17-9-3-1-4-10-17/h1-16H. The molecule has 0 fully saturated rings. The molecule has 6 nitrogen and oxygen atoms in total. The zero-order chi connectivity index (χ0) is 20.6. The van der Waals surface area contributed by atoms with Gasteiger partial charge in [-0.1, -0.05) is 54.6 Å². The number of rotatable bonds is 4. The largest absolute Gasteiger partial charge is 0.240 e. The van der Waals surface area contributed by atoms with Gasteiger partial charge in [-0.3, -0.25) is 0 Å². The second kappa shape index (κ2) is 7.20. The summed E-state index contributed by atoms with van der Waals surface area (Å²) in [5, 5.41) is 12.9. The Labute approximate surface area is 173 Å². The smallest absolute Gasteiger partial charge is 0.225 e. The molecule has 0 aliphatic rings. The molecule has 0 spiro atoms. The SMILES string of the molecule is O=S(=O)(c1ccccc1)c1ccc(-c2c(-c3ccccc3)nn3ccccc23)nn1. The van der Waals surface area contributed by atoms with Crippen molar-refractivity contribution in [2.24, 2.45) is 0 Å². The van der Waals surface area contributed by atoms with Crippen LogP contribution in [0.3, 0.4) is 0 Å². The minimum atomic E-state index is -3.72. The van der Waals surface area contributed by atoms with Crippen LogP contribution in [0.2, 0.25) is 0 Å². The number of sulfone groups is 1. The molecule has 5 aromatic rings. The van der Waals surface area contributed by atoms with Crippen LogP contribution in [-0.2, 0) is 9.84 Å². The Balaban J connectivity index is 1.65. The van der Waals surface area contributed by atoms with Gasteiger partial charge in [-0.15, -0.1) is 10.2 Å². The lowest BCUT2D eigenvalue weighted by Crippen LogP contribution is -2.05. The maximum absolute atomic E-state index is 12.8. The van der Waals surface area contributed by atoms with E-state index in [2.05, 4.69) is 10.2 Å². The van der Waals surface area contributed by atoms with Crippen LogP contribution in [0.15, 0.2) is 107 Å². The predicted molar refractivity (Wildman–Crippen MR) is 114 cm³/mol. The summed E-state index contributed by atoms with van der Waals surface area (Å²) < 4.78 is 27.4. The lowest BCUT2D eigenvalue weighted by molar-refractivity contribution is 0.590. The first-order valence-electron chi connectivity index (χ1n) is 9.31. The summed E-state index contributed by atoms with van der Waals surface area (Å²) in [4.78, 5) is 0.188. The summed E-state index contributed by atoms with van der Waals surface area (Å²) in [7, 11) is -3.72. The molecule has 0 unspecified atom stereocenters. The zero-order valence-corrected chi connectivity index (χ0v) is 16.6. The topological polar surface area (TPSA) is 77.2 Å². The van der Waals surface area contributed by atoms with Crippen molar-refractivity contribution in [1.29, 1.82) is 0 Å². The Kier molecular flexibility index (Phi) is 4.37. The average molecular weight is 412 g/mol. The van der Waals surface area contributed by atoms with Gasteiger partial charge in [0, 0.05) is 11.8 Å². The minimum Gasteiger partial charge on any atom is -0.240 e. The van der Waals surface area contributed by atoms with E-state index < -0.39 is 9.84 Å². The highest BCUT2D eigenvalue weighted by Crippen LogP contribution is 2.34. The molecule has 0 radical (unpaired) electrons. The molecule has 0 N–H and O–H groups in total. The highest BCUT2D eigenvalue weighted by Gasteiger charge is 2.22. The van der Waals surface area contributed by atoms with E-state index in [1.165, 1.54) is 6.07 Å². The van der Waals surface area contributed by atoms with Gasteiger partial charge in [-0.2, -0.15) is 5.10 Å². The minimum absolute atomic E-state index is 0.0878. The molecule has 3 heterocycles. The van der Waals surface area contributed by atoms with Gasteiger partial charge in [0.2, 0.25) is 9.84 Å². The zero-order valence-electron chi connectivity index (χ0n) is 15.8. The molecule has 0 saturated heterocycles. The molecule has 0 amide bonds. The predicted octanol–water partition coefficient (Wildman–Crippen LogP) is 4.29. The summed E-state index contributed by atoms with van der Waals surface area (Å²) in [5.74, 6) is 0. The van der Waals surface area contributed by atoms with Gasteiger partial charge < -0.3 is 0 Å². The number of hydrogen-bond acceptors (Lipinski definition) is 5. The van der Waals surface area contributed by atoms with Crippen molar-refractivity contribution in [2.45, 2.75) is 9.92 Å². The number of pyridine rings is 1. The lowest BCUT2D eigenvalue weighted by Gasteiger charge is -2.05. The first-order valence-corrected chi connectivity index (χ1v) is 10.8. The third-order valence-corrected chi connectivity index (χ3v) is 6.47. The summed E-state index contributed by atoms with van der Waals surface area (Å²) >= 11 is 0. The van der Waals surface area contributed by atoms with E-state index in [1.54, 1.807) is 40.9 Å². The van der Waals surface area contributed by atoms with Crippen molar-refractivity contribution in [1.82, 2.24) is 19.8 Å².